The lowest BCUT2D eigenvalue weighted by molar-refractivity contribution is 0.218. The molecule has 8 heteroatoms. The van der Waals surface area contributed by atoms with Gasteiger partial charge < -0.3 is 4.74 Å². The third-order valence-electron chi connectivity index (χ3n) is 3.71. The first-order valence-corrected chi connectivity index (χ1v) is 9.97. The fourth-order valence-electron chi connectivity index (χ4n) is 2.45. The summed E-state index contributed by atoms with van der Waals surface area (Å²) in [5.74, 6) is 0.228. The summed E-state index contributed by atoms with van der Waals surface area (Å²) in [6, 6.07) is 10.9. The van der Waals surface area contributed by atoms with Crippen LogP contribution in [0.3, 0.4) is 0 Å². The first-order valence-electron chi connectivity index (χ1n) is 8.32. The van der Waals surface area contributed by atoms with Crippen molar-refractivity contribution in [2.45, 2.75) is 26.4 Å². The van der Waals surface area contributed by atoms with Crippen LogP contribution in [0.5, 0.6) is 5.88 Å². The van der Waals surface area contributed by atoms with Crippen molar-refractivity contribution < 1.29 is 13.2 Å². The molecule has 0 bridgehead atoms. The van der Waals surface area contributed by atoms with Crippen LogP contribution in [0.15, 0.2) is 48.8 Å². The predicted octanol–water partition coefficient (Wildman–Crippen LogP) is 3.32. The van der Waals surface area contributed by atoms with Gasteiger partial charge in [-0.1, -0.05) is 25.1 Å². The van der Waals surface area contributed by atoms with Gasteiger partial charge in [-0.2, -0.15) is 0 Å². The van der Waals surface area contributed by atoms with Gasteiger partial charge in [0.2, 0.25) is 15.8 Å². The van der Waals surface area contributed by atoms with Gasteiger partial charge in [0, 0.05) is 18.0 Å². The zero-order valence-corrected chi connectivity index (χ0v) is 15.4. The van der Waals surface area contributed by atoms with E-state index in [2.05, 4.69) is 19.7 Å². The highest BCUT2D eigenvalue weighted by atomic mass is 32.2. The normalized spacial score (nSPS) is 12.7. The number of hydrogen-bond acceptors (Lipinski definition) is 6. The standard InChI is InChI=1S/C18H20N4O3S/c1-3-11-26(23,24)22-17-18(21-16-9-5-4-8-15(16)20-17)25-13(2)14-7-6-10-19-12-14/h4-10,12-13H,3,11H2,1-2H3,(H,20,22). The van der Waals surface area contributed by atoms with Crippen LogP contribution in [0.4, 0.5) is 5.82 Å². The molecule has 0 spiro atoms. The number of aromatic nitrogens is 3. The number of nitrogens with zero attached hydrogens (tertiary/aromatic N) is 3. The van der Waals surface area contributed by atoms with Crippen LogP contribution in [-0.4, -0.2) is 29.1 Å². The fraction of sp³-hybridized carbons (Fsp3) is 0.278. The number of pyridine rings is 1. The van der Waals surface area contributed by atoms with Crippen LogP contribution in [0.25, 0.3) is 11.0 Å². The molecule has 136 valence electrons. The van der Waals surface area contributed by atoms with Gasteiger partial charge in [-0.05, 0) is 31.5 Å². The molecule has 26 heavy (non-hydrogen) atoms. The smallest absolute Gasteiger partial charge is 0.259 e. The van der Waals surface area contributed by atoms with Crippen molar-refractivity contribution in [2.75, 3.05) is 10.5 Å². The van der Waals surface area contributed by atoms with Gasteiger partial charge in [-0.15, -0.1) is 0 Å². The third-order valence-corrected chi connectivity index (χ3v) is 5.16. The molecule has 0 amide bonds. The molecule has 1 unspecified atom stereocenters. The minimum Gasteiger partial charge on any atom is -0.467 e. The summed E-state index contributed by atoms with van der Waals surface area (Å²) in [6.45, 7) is 3.64. The number of para-hydroxylation sites is 2. The van der Waals surface area contributed by atoms with E-state index in [1.807, 2.05) is 31.2 Å². The Hall–Kier alpha value is -2.74. The maximum Gasteiger partial charge on any atom is 0.259 e. The molecule has 1 atom stereocenters. The summed E-state index contributed by atoms with van der Waals surface area (Å²) in [7, 11) is -3.52. The van der Waals surface area contributed by atoms with Gasteiger partial charge in [0.15, 0.2) is 0 Å². The van der Waals surface area contributed by atoms with Crippen LogP contribution in [0.2, 0.25) is 0 Å². The first kappa shape index (κ1) is 18.1. The van der Waals surface area contributed by atoms with E-state index < -0.39 is 10.0 Å². The Kier molecular flexibility index (Phi) is 5.32. The number of ether oxygens (including phenoxy) is 1. The highest BCUT2D eigenvalue weighted by Gasteiger charge is 2.19. The molecule has 2 aromatic heterocycles. The largest absolute Gasteiger partial charge is 0.467 e. The fourth-order valence-corrected chi connectivity index (χ4v) is 3.52. The third kappa shape index (κ3) is 4.26. The second-order valence-electron chi connectivity index (χ2n) is 5.83. The zero-order valence-electron chi connectivity index (χ0n) is 14.6. The molecule has 0 aliphatic carbocycles. The molecule has 0 radical (unpaired) electrons. The summed E-state index contributed by atoms with van der Waals surface area (Å²) in [4.78, 5) is 12.9. The summed E-state index contributed by atoms with van der Waals surface area (Å²) in [5, 5.41) is 0. The lowest BCUT2D eigenvalue weighted by Gasteiger charge is -2.17. The molecule has 0 aliphatic rings. The first-order chi connectivity index (χ1) is 12.5. The number of sulfonamides is 1. The Balaban J connectivity index is 1.99. The van der Waals surface area contributed by atoms with Gasteiger partial charge in [0.05, 0.1) is 16.8 Å². The van der Waals surface area contributed by atoms with E-state index in [0.717, 1.165) is 5.56 Å². The molecular formula is C18H20N4O3S. The maximum atomic E-state index is 12.2. The summed E-state index contributed by atoms with van der Waals surface area (Å²) < 4.78 is 32.8. The van der Waals surface area contributed by atoms with Crippen LogP contribution < -0.4 is 9.46 Å². The molecule has 0 saturated carbocycles. The van der Waals surface area contributed by atoms with Crippen LogP contribution in [-0.2, 0) is 10.0 Å². The molecule has 0 saturated heterocycles. The number of fused-ring (bicyclic) bond motifs is 1. The highest BCUT2D eigenvalue weighted by molar-refractivity contribution is 7.92. The lowest BCUT2D eigenvalue weighted by Crippen LogP contribution is -2.18. The summed E-state index contributed by atoms with van der Waals surface area (Å²) in [6.07, 6.45) is 3.50. The number of hydrogen-bond donors (Lipinski definition) is 1. The highest BCUT2D eigenvalue weighted by Crippen LogP contribution is 2.28. The van der Waals surface area contributed by atoms with E-state index >= 15 is 0 Å². The Morgan fingerprint density at radius 3 is 2.50 bits per heavy atom. The van der Waals surface area contributed by atoms with E-state index in [4.69, 9.17) is 4.74 Å². The zero-order chi connectivity index (χ0) is 18.6. The van der Waals surface area contributed by atoms with E-state index in [1.165, 1.54) is 0 Å². The van der Waals surface area contributed by atoms with Gasteiger partial charge >= 0.3 is 0 Å². The minimum atomic E-state index is -3.52. The van der Waals surface area contributed by atoms with E-state index in [1.54, 1.807) is 31.5 Å². The lowest BCUT2D eigenvalue weighted by atomic mass is 10.2. The van der Waals surface area contributed by atoms with Crippen molar-refractivity contribution in [3.63, 3.8) is 0 Å². The molecule has 7 nitrogen and oxygen atoms in total. The SMILES string of the molecule is CCCS(=O)(=O)Nc1nc2ccccc2nc1OC(C)c1cccnc1. The van der Waals surface area contributed by atoms with Crippen molar-refractivity contribution in [3.8, 4) is 5.88 Å². The Bertz CT molecular complexity index is 994. The average Bonchev–Trinajstić information content (AvgIpc) is 2.62. The molecule has 0 aliphatic heterocycles. The molecule has 3 aromatic rings. The monoisotopic (exact) mass is 372 g/mol. The van der Waals surface area contributed by atoms with Crippen LogP contribution >= 0.6 is 0 Å². The van der Waals surface area contributed by atoms with E-state index in [9.17, 15) is 8.42 Å². The molecule has 1 aromatic carbocycles. The number of anilines is 1. The van der Waals surface area contributed by atoms with E-state index in [-0.39, 0.29) is 23.6 Å². The molecule has 1 N–H and O–H groups in total. The van der Waals surface area contributed by atoms with Gasteiger partial charge in [-0.25, -0.2) is 18.4 Å². The number of nitrogens with one attached hydrogen (secondary N) is 1. The molecule has 3 rings (SSSR count). The van der Waals surface area contributed by atoms with Crippen LogP contribution in [0.1, 0.15) is 31.9 Å². The summed E-state index contributed by atoms with van der Waals surface area (Å²) >= 11 is 0. The maximum absolute atomic E-state index is 12.2. The van der Waals surface area contributed by atoms with Gasteiger partial charge in [0.1, 0.15) is 6.10 Å². The van der Waals surface area contributed by atoms with Crippen molar-refractivity contribution in [3.05, 3.63) is 54.4 Å². The van der Waals surface area contributed by atoms with E-state index in [0.29, 0.717) is 17.5 Å². The number of benzene rings is 1. The van der Waals surface area contributed by atoms with Crippen molar-refractivity contribution in [2.24, 2.45) is 0 Å². The second kappa shape index (κ2) is 7.65. The predicted molar refractivity (Wildman–Crippen MR) is 101 cm³/mol. The van der Waals surface area contributed by atoms with Crippen molar-refractivity contribution in [1.82, 2.24) is 15.0 Å². The quantitative estimate of drug-likeness (QED) is 0.684. The molecule has 0 fully saturated rings. The Morgan fingerprint density at radius 1 is 1.12 bits per heavy atom. The average molecular weight is 372 g/mol. The molecule has 2 heterocycles. The topological polar surface area (TPSA) is 94.1 Å². The van der Waals surface area contributed by atoms with Crippen LogP contribution in [0, 0.1) is 0 Å². The summed E-state index contributed by atoms with van der Waals surface area (Å²) in [5.41, 5.74) is 2.06. The Labute approximate surface area is 152 Å². The Morgan fingerprint density at radius 2 is 1.85 bits per heavy atom. The van der Waals surface area contributed by atoms with Gasteiger partial charge in [-0.3, -0.25) is 9.71 Å². The van der Waals surface area contributed by atoms with Gasteiger partial charge in [0.25, 0.3) is 5.88 Å². The minimum absolute atomic E-state index is 0.000887. The second-order valence-corrected chi connectivity index (χ2v) is 7.68. The van der Waals surface area contributed by atoms with Crippen molar-refractivity contribution in [1.29, 1.82) is 0 Å². The molecular weight excluding hydrogens is 352 g/mol. The number of rotatable bonds is 7. The van der Waals surface area contributed by atoms with Crippen molar-refractivity contribution >= 4 is 26.9 Å².